The van der Waals surface area contributed by atoms with Gasteiger partial charge in [0.25, 0.3) is 0 Å². The lowest BCUT2D eigenvalue weighted by molar-refractivity contribution is -0.153. The summed E-state index contributed by atoms with van der Waals surface area (Å²) in [5.41, 5.74) is 1.35. The Morgan fingerprint density at radius 2 is 2.00 bits per heavy atom. The van der Waals surface area contributed by atoms with Gasteiger partial charge in [0.1, 0.15) is 5.75 Å². The zero-order valence-corrected chi connectivity index (χ0v) is 14.4. The molecule has 0 fully saturated rings. The van der Waals surface area contributed by atoms with E-state index in [0.29, 0.717) is 18.1 Å². The SMILES string of the molecule is CN=C(NCCC(=O)OC)NCc1ccc(C)cc1OCC(F)(F)F. The van der Waals surface area contributed by atoms with Crippen LogP contribution >= 0.6 is 0 Å². The molecule has 1 aromatic rings. The molecule has 1 rings (SSSR count). The third-order valence-electron chi connectivity index (χ3n) is 3.13. The van der Waals surface area contributed by atoms with Gasteiger partial charge in [-0.3, -0.25) is 9.79 Å². The molecule has 9 heteroatoms. The first kappa shape index (κ1) is 20.6. The number of aliphatic imine (C=N–C) groups is 1. The van der Waals surface area contributed by atoms with Gasteiger partial charge in [-0.15, -0.1) is 0 Å². The van der Waals surface area contributed by atoms with Crippen LogP contribution in [0.15, 0.2) is 23.2 Å². The van der Waals surface area contributed by atoms with Crippen LogP contribution in [-0.4, -0.2) is 45.4 Å². The predicted octanol–water partition coefficient (Wildman–Crippen LogP) is 2.16. The summed E-state index contributed by atoms with van der Waals surface area (Å²) >= 11 is 0. The molecule has 0 heterocycles. The summed E-state index contributed by atoms with van der Waals surface area (Å²) in [7, 11) is 2.85. The molecule has 0 unspecified atom stereocenters. The van der Waals surface area contributed by atoms with Gasteiger partial charge in [-0.2, -0.15) is 13.2 Å². The van der Waals surface area contributed by atoms with Gasteiger partial charge in [0.15, 0.2) is 12.6 Å². The van der Waals surface area contributed by atoms with Crippen molar-refractivity contribution in [3.8, 4) is 5.75 Å². The van der Waals surface area contributed by atoms with Crippen molar-refractivity contribution in [1.82, 2.24) is 10.6 Å². The number of hydrogen-bond acceptors (Lipinski definition) is 4. The summed E-state index contributed by atoms with van der Waals surface area (Å²) < 4.78 is 46.5. The van der Waals surface area contributed by atoms with E-state index in [1.165, 1.54) is 7.11 Å². The van der Waals surface area contributed by atoms with Crippen LogP contribution in [0.4, 0.5) is 13.2 Å². The molecule has 0 saturated heterocycles. The Labute approximate surface area is 144 Å². The van der Waals surface area contributed by atoms with E-state index < -0.39 is 12.8 Å². The normalized spacial score (nSPS) is 11.8. The van der Waals surface area contributed by atoms with Crippen LogP contribution < -0.4 is 15.4 Å². The molecule has 0 atom stereocenters. The Kier molecular flexibility index (Phi) is 8.03. The highest BCUT2D eigenvalue weighted by atomic mass is 19.4. The molecule has 0 bridgehead atoms. The van der Waals surface area contributed by atoms with Gasteiger partial charge in [0, 0.05) is 25.7 Å². The van der Waals surface area contributed by atoms with Gasteiger partial charge < -0.3 is 20.1 Å². The van der Waals surface area contributed by atoms with E-state index >= 15 is 0 Å². The maximum Gasteiger partial charge on any atom is 0.422 e. The summed E-state index contributed by atoms with van der Waals surface area (Å²) in [6.07, 6.45) is -4.23. The van der Waals surface area contributed by atoms with E-state index in [1.54, 1.807) is 32.2 Å². The second-order valence-corrected chi connectivity index (χ2v) is 5.19. The second kappa shape index (κ2) is 9.75. The minimum atomic E-state index is -4.40. The number of nitrogens with one attached hydrogen (secondary N) is 2. The first-order valence-corrected chi connectivity index (χ1v) is 7.55. The number of carbonyl (C=O) groups is 1. The Hall–Kier alpha value is -2.45. The van der Waals surface area contributed by atoms with Crippen LogP contribution in [0, 0.1) is 6.92 Å². The minimum absolute atomic E-state index is 0.162. The van der Waals surface area contributed by atoms with Crippen LogP contribution in [0.1, 0.15) is 17.5 Å². The molecule has 0 amide bonds. The summed E-state index contributed by atoms with van der Waals surface area (Å²) in [6.45, 7) is 0.948. The van der Waals surface area contributed by atoms with Gasteiger partial charge >= 0.3 is 12.1 Å². The molecule has 0 saturated carbocycles. The van der Waals surface area contributed by atoms with Crippen LogP contribution in [0.25, 0.3) is 0 Å². The molecular formula is C16H22F3N3O3. The number of guanidine groups is 1. The second-order valence-electron chi connectivity index (χ2n) is 5.19. The maximum absolute atomic E-state index is 12.4. The third-order valence-corrected chi connectivity index (χ3v) is 3.13. The number of nitrogens with zero attached hydrogens (tertiary/aromatic N) is 1. The number of halogens is 3. The van der Waals surface area contributed by atoms with Crippen molar-refractivity contribution in [3.05, 3.63) is 29.3 Å². The molecule has 0 aliphatic rings. The fourth-order valence-electron chi connectivity index (χ4n) is 1.89. The van der Waals surface area contributed by atoms with Gasteiger partial charge in [-0.25, -0.2) is 0 Å². The number of methoxy groups -OCH3 is 1. The molecule has 0 radical (unpaired) electrons. The molecule has 0 aliphatic carbocycles. The van der Waals surface area contributed by atoms with E-state index in [1.807, 2.05) is 0 Å². The van der Waals surface area contributed by atoms with E-state index in [0.717, 1.165) is 5.56 Å². The summed E-state index contributed by atoms with van der Waals surface area (Å²) in [6, 6.07) is 5.02. The van der Waals surface area contributed by atoms with Crippen LogP contribution in [0.5, 0.6) is 5.75 Å². The average Bonchev–Trinajstić information content (AvgIpc) is 2.56. The topological polar surface area (TPSA) is 72.0 Å². The van der Waals surface area contributed by atoms with Crippen LogP contribution in [0.3, 0.4) is 0 Å². The lowest BCUT2D eigenvalue weighted by atomic mass is 10.1. The number of benzene rings is 1. The Morgan fingerprint density at radius 1 is 1.28 bits per heavy atom. The Morgan fingerprint density at radius 3 is 2.60 bits per heavy atom. The molecule has 140 valence electrons. The van der Waals surface area contributed by atoms with Gasteiger partial charge in [-0.05, 0) is 18.6 Å². The summed E-state index contributed by atoms with van der Waals surface area (Å²) in [5.74, 6) is 0.213. The molecule has 6 nitrogen and oxygen atoms in total. The Bertz CT molecular complexity index is 604. The maximum atomic E-state index is 12.4. The standard InChI is InChI=1S/C16H22F3N3O3/c1-11-4-5-12(13(8-11)25-10-16(17,18)19)9-22-15(20-2)21-7-6-14(23)24-3/h4-5,8H,6-7,9-10H2,1-3H3,(H2,20,21,22). The molecule has 0 aliphatic heterocycles. The van der Waals surface area contributed by atoms with Crippen molar-refractivity contribution < 1.29 is 27.4 Å². The van der Waals surface area contributed by atoms with Crippen molar-refractivity contribution in [2.75, 3.05) is 27.3 Å². The number of rotatable bonds is 7. The number of alkyl halides is 3. The highest BCUT2D eigenvalue weighted by Crippen LogP contribution is 2.23. The van der Waals surface area contributed by atoms with Crippen molar-refractivity contribution >= 4 is 11.9 Å². The molecular weight excluding hydrogens is 339 g/mol. The molecule has 0 aromatic heterocycles. The molecule has 2 N–H and O–H groups in total. The average molecular weight is 361 g/mol. The third kappa shape index (κ3) is 8.27. The van der Waals surface area contributed by atoms with Gasteiger partial charge in [0.2, 0.25) is 0 Å². The van der Waals surface area contributed by atoms with Gasteiger partial charge in [-0.1, -0.05) is 12.1 Å². The zero-order chi connectivity index (χ0) is 18.9. The highest BCUT2D eigenvalue weighted by molar-refractivity contribution is 5.80. The summed E-state index contributed by atoms with van der Waals surface area (Å²) in [4.78, 5) is 15.0. The highest BCUT2D eigenvalue weighted by Gasteiger charge is 2.28. The number of ether oxygens (including phenoxy) is 2. The fourth-order valence-corrected chi connectivity index (χ4v) is 1.89. The molecule has 25 heavy (non-hydrogen) atoms. The van der Waals surface area contributed by atoms with Crippen molar-refractivity contribution in [2.24, 2.45) is 4.99 Å². The monoisotopic (exact) mass is 361 g/mol. The number of esters is 1. The lowest BCUT2D eigenvalue weighted by Gasteiger charge is -2.16. The largest absolute Gasteiger partial charge is 0.484 e. The molecule has 1 aromatic carbocycles. The first-order valence-electron chi connectivity index (χ1n) is 7.55. The summed E-state index contributed by atoms with van der Waals surface area (Å²) in [5, 5.41) is 5.87. The Balaban J connectivity index is 2.64. The van der Waals surface area contributed by atoms with Crippen molar-refractivity contribution in [3.63, 3.8) is 0 Å². The van der Waals surface area contributed by atoms with E-state index in [2.05, 4.69) is 20.4 Å². The van der Waals surface area contributed by atoms with Crippen molar-refractivity contribution in [2.45, 2.75) is 26.1 Å². The first-order chi connectivity index (χ1) is 11.7. The number of hydrogen-bond donors (Lipinski definition) is 2. The number of carbonyl (C=O) groups excluding carboxylic acids is 1. The fraction of sp³-hybridized carbons (Fsp3) is 0.500. The van der Waals surface area contributed by atoms with Crippen molar-refractivity contribution in [1.29, 1.82) is 0 Å². The number of aryl methyl sites for hydroxylation is 1. The lowest BCUT2D eigenvalue weighted by Crippen LogP contribution is -2.38. The predicted molar refractivity (Wildman–Crippen MR) is 87.6 cm³/mol. The zero-order valence-electron chi connectivity index (χ0n) is 14.4. The van der Waals surface area contributed by atoms with E-state index in [-0.39, 0.29) is 24.7 Å². The smallest absolute Gasteiger partial charge is 0.422 e. The molecule has 0 spiro atoms. The minimum Gasteiger partial charge on any atom is -0.484 e. The van der Waals surface area contributed by atoms with Crippen LogP contribution in [0.2, 0.25) is 0 Å². The van der Waals surface area contributed by atoms with Gasteiger partial charge in [0.05, 0.1) is 13.5 Å². The van der Waals surface area contributed by atoms with E-state index in [4.69, 9.17) is 4.74 Å². The van der Waals surface area contributed by atoms with E-state index in [9.17, 15) is 18.0 Å². The van der Waals surface area contributed by atoms with Crippen LogP contribution in [-0.2, 0) is 16.1 Å². The quantitative estimate of drug-likeness (QED) is 0.442.